The molecule has 0 radical (unpaired) electrons. The number of hydrogen-bond donors (Lipinski definition) is 1. The highest BCUT2D eigenvalue weighted by Crippen LogP contribution is 2.28. The van der Waals surface area contributed by atoms with Crippen LogP contribution in [-0.2, 0) is 6.42 Å². The molecule has 5 heteroatoms. The molecule has 1 heterocycles. The number of rotatable bonds is 6. The molecule has 25 heavy (non-hydrogen) atoms. The van der Waals surface area contributed by atoms with Crippen LogP contribution in [0.1, 0.15) is 21.7 Å². The van der Waals surface area contributed by atoms with Crippen LogP contribution in [-0.4, -0.2) is 26.7 Å². The molecule has 0 spiro atoms. The van der Waals surface area contributed by atoms with Gasteiger partial charge in [-0.2, -0.15) is 0 Å². The van der Waals surface area contributed by atoms with Gasteiger partial charge >= 0.3 is 0 Å². The average Bonchev–Trinajstić information content (AvgIpc) is 2.98. The van der Waals surface area contributed by atoms with E-state index < -0.39 is 0 Å². The van der Waals surface area contributed by atoms with E-state index in [-0.39, 0.29) is 5.91 Å². The maximum Gasteiger partial charge on any atom is 0.287 e. The summed E-state index contributed by atoms with van der Waals surface area (Å²) in [6, 6.07) is 13.3. The molecule has 0 aliphatic rings. The number of ether oxygens (including phenoxy) is 2. The molecule has 0 bridgehead atoms. The second-order valence-corrected chi connectivity index (χ2v) is 5.74. The largest absolute Gasteiger partial charge is 0.497 e. The molecule has 0 fully saturated rings. The van der Waals surface area contributed by atoms with Gasteiger partial charge in [0.25, 0.3) is 5.91 Å². The number of methoxy groups -OCH3 is 2. The average molecular weight is 339 g/mol. The van der Waals surface area contributed by atoms with Gasteiger partial charge in [-0.15, -0.1) is 0 Å². The third-order valence-electron chi connectivity index (χ3n) is 4.22. The fourth-order valence-electron chi connectivity index (χ4n) is 2.84. The third kappa shape index (κ3) is 3.45. The molecular formula is C20H21NO4. The van der Waals surface area contributed by atoms with Crippen molar-refractivity contribution in [2.24, 2.45) is 0 Å². The Morgan fingerprint density at radius 1 is 1.12 bits per heavy atom. The summed E-state index contributed by atoms with van der Waals surface area (Å²) in [6.07, 6.45) is 0.683. The molecule has 2 aromatic carbocycles. The molecule has 0 saturated heterocycles. The highest BCUT2D eigenvalue weighted by atomic mass is 16.5. The fourth-order valence-corrected chi connectivity index (χ4v) is 2.84. The highest BCUT2D eigenvalue weighted by Gasteiger charge is 2.17. The van der Waals surface area contributed by atoms with E-state index >= 15 is 0 Å². The van der Waals surface area contributed by atoms with Crippen molar-refractivity contribution in [1.82, 2.24) is 5.32 Å². The monoisotopic (exact) mass is 339 g/mol. The summed E-state index contributed by atoms with van der Waals surface area (Å²) >= 11 is 0. The number of fused-ring (bicyclic) bond motifs is 1. The number of amides is 1. The first-order valence-electron chi connectivity index (χ1n) is 8.11. The van der Waals surface area contributed by atoms with Crippen LogP contribution in [0.25, 0.3) is 11.0 Å². The molecule has 3 rings (SSSR count). The van der Waals surface area contributed by atoms with Gasteiger partial charge in [0, 0.05) is 17.5 Å². The minimum Gasteiger partial charge on any atom is -0.497 e. The molecule has 3 aromatic rings. The first kappa shape index (κ1) is 16.9. The zero-order valence-corrected chi connectivity index (χ0v) is 14.6. The van der Waals surface area contributed by atoms with E-state index in [4.69, 9.17) is 13.9 Å². The lowest BCUT2D eigenvalue weighted by molar-refractivity contribution is 0.0927. The number of carbonyl (C=O) groups excluding carboxylic acids is 1. The second kappa shape index (κ2) is 7.30. The van der Waals surface area contributed by atoms with Crippen LogP contribution in [0.2, 0.25) is 0 Å². The molecule has 0 atom stereocenters. The summed E-state index contributed by atoms with van der Waals surface area (Å²) in [4.78, 5) is 12.5. The molecule has 0 unspecified atom stereocenters. The summed E-state index contributed by atoms with van der Waals surface area (Å²) in [5, 5.41) is 3.79. The van der Waals surface area contributed by atoms with Crippen LogP contribution in [0, 0.1) is 6.92 Å². The number of benzene rings is 2. The number of nitrogens with one attached hydrogen (secondary N) is 1. The molecule has 1 N–H and O–H groups in total. The van der Waals surface area contributed by atoms with Crippen molar-refractivity contribution < 1.29 is 18.7 Å². The SMILES string of the molecule is COc1ccc2oc(C(=O)NCCc3ccccc3OC)c(C)c2c1. The first-order chi connectivity index (χ1) is 12.1. The van der Waals surface area contributed by atoms with Crippen molar-refractivity contribution in [3.63, 3.8) is 0 Å². The van der Waals surface area contributed by atoms with Gasteiger partial charge in [-0.05, 0) is 43.2 Å². The minimum absolute atomic E-state index is 0.220. The Kier molecular flexibility index (Phi) is 4.93. The Bertz CT molecular complexity index is 898. The molecule has 5 nitrogen and oxygen atoms in total. The summed E-state index contributed by atoms with van der Waals surface area (Å²) in [7, 11) is 3.26. The van der Waals surface area contributed by atoms with Gasteiger partial charge in [0.05, 0.1) is 14.2 Å². The summed E-state index contributed by atoms with van der Waals surface area (Å²) in [5.41, 5.74) is 2.54. The van der Waals surface area contributed by atoms with Gasteiger partial charge < -0.3 is 19.2 Å². The lowest BCUT2D eigenvalue weighted by Gasteiger charge is -2.08. The predicted molar refractivity (Wildman–Crippen MR) is 96.5 cm³/mol. The van der Waals surface area contributed by atoms with Crippen molar-refractivity contribution >= 4 is 16.9 Å². The Morgan fingerprint density at radius 2 is 1.92 bits per heavy atom. The van der Waals surface area contributed by atoms with Crippen molar-refractivity contribution in [3.8, 4) is 11.5 Å². The van der Waals surface area contributed by atoms with Crippen molar-refractivity contribution in [1.29, 1.82) is 0 Å². The number of furan rings is 1. The standard InChI is InChI=1S/C20H21NO4/c1-13-16-12-15(23-2)8-9-18(16)25-19(13)20(22)21-11-10-14-6-4-5-7-17(14)24-3/h4-9,12H,10-11H2,1-3H3,(H,21,22). The Hall–Kier alpha value is -2.95. The smallest absolute Gasteiger partial charge is 0.287 e. The van der Waals surface area contributed by atoms with E-state index in [2.05, 4.69) is 5.32 Å². The van der Waals surface area contributed by atoms with E-state index in [1.54, 1.807) is 14.2 Å². The van der Waals surface area contributed by atoms with Crippen LogP contribution < -0.4 is 14.8 Å². The van der Waals surface area contributed by atoms with Gasteiger partial charge in [0.2, 0.25) is 0 Å². The van der Waals surface area contributed by atoms with Gasteiger partial charge in [-0.1, -0.05) is 18.2 Å². The number of carbonyl (C=O) groups is 1. The summed E-state index contributed by atoms with van der Waals surface area (Å²) in [5.74, 6) is 1.68. The number of para-hydroxylation sites is 1. The van der Waals surface area contributed by atoms with Crippen molar-refractivity contribution in [2.45, 2.75) is 13.3 Å². The van der Waals surface area contributed by atoms with E-state index in [1.165, 1.54) is 0 Å². The van der Waals surface area contributed by atoms with E-state index in [0.29, 0.717) is 24.3 Å². The lowest BCUT2D eigenvalue weighted by atomic mass is 10.1. The molecular weight excluding hydrogens is 318 g/mol. The number of hydrogen-bond acceptors (Lipinski definition) is 4. The third-order valence-corrected chi connectivity index (χ3v) is 4.22. The van der Waals surface area contributed by atoms with Gasteiger partial charge in [-0.3, -0.25) is 4.79 Å². The fraction of sp³-hybridized carbons (Fsp3) is 0.250. The maximum atomic E-state index is 12.5. The van der Waals surface area contributed by atoms with Gasteiger partial charge in [-0.25, -0.2) is 0 Å². The Labute approximate surface area is 146 Å². The first-order valence-corrected chi connectivity index (χ1v) is 8.11. The van der Waals surface area contributed by atoms with E-state index in [1.807, 2.05) is 49.4 Å². The molecule has 0 aliphatic heterocycles. The van der Waals surface area contributed by atoms with Crippen molar-refractivity contribution in [3.05, 3.63) is 59.4 Å². The lowest BCUT2D eigenvalue weighted by Crippen LogP contribution is -2.25. The molecule has 0 saturated carbocycles. The number of aryl methyl sites for hydroxylation is 1. The minimum atomic E-state index is -0.220. The van der Waals surface area contributed by atoms with Crippen LogP contribution >= 0.6 is 0 Å². The molecule has 1 amide bonds. The van der Waals surface area contributed by atoms with Crippen molar-refractivity contribution in [2.75, 3.05) is 20.8 Å². The van der Waals surface area contributed by atoms with Crippen LogP contribution in [0.5, 0.6) is 11.5 Å². The summed E-state index contributed by atoms with van der Waals surface area (Å²) in [6.45, 7) is 2.37. The zero-order chi connectivity index (χ0) is 17.8. The summed E-state index contributed by atoms with van der Waals surface area (Å²) < 4.78 is 16.3. The second-order valence-electron chi connectivity index (χ2n) is 5.74. The van der Waals surface area contributed by atoms with E-state index in [0.717, 1.165) is 28.0 Å². The van der Waals surface area contributed by atoms with E-state index in [9.17, 15) is 4.79 Å². The normalized spacial score (nSPS) is 10.7. The zero-order valence-electron chi connectivity index (χ0n) is 14.6. The van der Waals surface area contributed by atoms with Gasteiger partial charge in [0.1, 0.15) is 17.1 Å². The topological polar surface area (TPSA) is 60.7 Å². The molecule has 0 aliphatic carbocycles. The maximum absolute atomic E-state index is 12.5. The van der Waals surface area contributed by atoms with Crippen LogP contribution in [0.15, 0.2) is 46.9 Å². The van der Waals surface area contributed by atoms with Crippen LogP contribution in [0.4, 0.5) is 0 Å². The highest BCUT2D eigenvalue weighted by molar-refractivity contribution is 5.99. The predicted octanol–water partition coefficient (Wildman–Crippen LogP) is 3.73. The molecule has 1 aromatic heterocycles. The molecule has 130 valence electrons. The Morgan fingerprint density at radius 3 is 2.68 bits per heavy atom. The van der Waals surface area contributed by atoms with Crippen LogP contribution in [0.3, 0.4) is 0 Å². The quantitative estimate of drug-likeness (QED) is 0.743. The Balaban J connectivity index is 1.71. The van der Waals surface area contributed by atoms with Gasteiger partial charge in [0.15, 0.2) is 5.76 Å².